The molecule has 13 heavy (non-hydrogen) atoms. The van der Waals surface area contributed by atoms with Gasteiger partial charge in [-0.2, -0.15) is 0 Å². The van der Waals surface area contributed by atoms with Crippen LogP contribution in [0.15, 0.2) is 0 Å². The quantitative estimate of drug-likeness (QED) is 0.635. The van der Waals surface area contributed by atoms with Crippen molar-refractivity contribution in [2.75, 3.05) is 6.61 Å². The molecule has 0 radical (unpaired) electrons. The Hall–Kier alpha value is 0.200. The fraction of sp³-hybridized carbons (Fsp3) is 1.00. The molecule has 0 N–H and O–H groups in total. The minimum absolute atomic E-state index is 0.152. The molecule has 0 amide bonds. The third kappa shape index (κ3) is 2.00. The van der Waals surface area contributed by atoms with Crippen LogP contribution in [-0.2, 0) is 13.8 Å². The van der Waals surface area contributed by atoms with Crippen molar-refractivity contribution < 1.29 is 13.2 Å². The van der Waals surface area contributed by atoms with E-state index in [0.717, 1.165) is 19.3 Å². The van der Waals surface area contributed by atoms with Crippen LogP contribution in [0.3, 0.4) is 0 Å². The second kappa shape index (κ2) is 3.41. The highest BCUT2D eigenvalue weighted by Crippen LogP contribution is 2.35. The summed E-state index contributed by atoms with van der Waals surface area (Å²) in [7, 11) is 1.93. The summed E-state index contributed by atoms with van der Waals surface area (Å²) in [6, 6.07) is 0. The molecule has 5 heteroatoms. The van der Waals surface area contributed by atoms with Gasteiger partial charge in [0.15, 0.2) is 0 Å². The van der Waals surface area contributed by atoms with Crippen molar-refractivity contribution in [3.05, 3.63) is 0 Å². The molecule has 2 aliphatic heterocycles. The summed E-state index contributed by atoms with van der Waals surface area (Å²) in [4.78, 5) is 0. The summed E-state index contributed by atoms with van der Waals surface area (Å²) in [5.41, 5.74) is 0. The zero-order valence-electron chi connectivity index (χ0n) is 7.28. The Bertz CT molecular complexity index is 280. The second-order valence-electron chi connectivity index (χ2n) is 3.91. The van der Waals surface area contributed by atoms with Crippen molar-refractivity contribution in [1.29, 1.82) is 0 Å². The van der Waals surface area contributed by atoms with Crippen LogP contribution in [0.4, 0.5) is 0 Å². The van der Waals surface area contributed by atoms with Gasteiger partial charge in [0.1, 0.15) is 5.25 Å². The largest absolute Gasteiger partial charge is 0.377 e. The summed E-state index contributed by atoms with van der Waals surface area (Å²) < 4.78 is 27.9. The monoisotopic (exact) mass is 224 g/mol. The van der Waals surface area contributed by atoms with Gasteiger partial charge in [-0.05, 0) is 31.6 Å². The topological polar surface area (TPSA) is 43.4 Å². The van der Waals surface area contributed by atoms with E-state index in [1.54, 1.807) is 0 Å². The van der Waals surface area contributed by atoms with Gasteiger partial charge in [-0.25, -0.2) is 8.42 Å². The number of hydrogen-bond acceptors (Lipinski definition) is 3. The van der Waals surface area contributed by atoms with Crippen LogP contribution in [0, 0.1) is 5.92 Å². The molecule has 3 atom stereocenters. The molecule has 1 saturated carbocycles. The number of halogens is 1. The van der Waals surface area contributed by atoms with Crippen LogP contribution in [0.5, 0.6) is 0 Å². The van der Waals surface area contributed by atoms with Gasteiger partial charge in [-0.1, -0.05) is 0 Å². The molecule has 2 bridgehead atoms. The fourth-order valence-corrected chi connectivity index (χ4v) is 3.86. The highest BCUT2D eigenvalue weighted by molar-refractivity contribution is 8.14. The Labute approximate surface area is 82.8 Å². The van der Waals surface area contributed by atoms with Gasteiger partial charge in [0, 0.05) is 17.3 Å². The number of fused-ring (bicyclic) bond motifs is 4. The van der Waals surface area contributed by atoms with Crippen molar-refractivity contribution in [2.45, 2.75) is 37.0 Å². The van der Waals surface area contributed by atoms with Crippen molar-refractivity contribution in [2.24, 2.45) is 5.92 Å². The Balaban J connectivity index is 2.21. The van der Waals surface area contributed by atoms with Gasteiger partial charge in [-0.3, -0.25) is 0 Å². The maximum atomic E-state index is 11.2. The highest BCUT2D eigenvalue weighted by atomic mass is 35.7. The van der Waals surface area contributed by atoms with Gasteiger partial charge in [0.2, 0.25) is 9.05 Å². The van der Waals surface area contributed by atoms with E-state index in [9.17, 15) is 8.42 Å². The molecule has 3 rings (SSSR count). The first-order chi connectivity index (χ1) is 6.07. The zero-order chi connectivity index (χ0) is 9.47. The van der Waals surface area contributed by atoms with Gasteiger partial charge in [-0.15, -0.1) is 0 Å². The molecule has 0 aromatic rings. The predicted molar refractivity (Wildman–Crippen MR) is 50.3 cm³/mol. The van der Waals surface area contributed by atoms with Crippen LogP contribution in [0.1, 0.15) is 25.7 Å². The van der Waals surface area contributed by atoms with Gasteiger partial charge in [0.25, 0.3) is 0 Å². The Morgan fingerprint density at radius 1 is 1.15 bits per heavy atom. The van der Waals surface area contributed by atoms with Crippen LogP contribution in [-0.4, -0.2) is 26.4 Å². The molecule has 76 valence electrons. The average Bonchev–Trinajstić information content (AvgIpc) is 2.34. The van der Waals surface area contributed by atoms with Crippen molar-refractivity contribution in [1.82, 2.24) is 0 Å². The van der Waals surface area contributed by atoms with Crippen molar-refractivity contribution >= 4 is 19.7 Å². The van der Waals surface area contributed by atoms with Crippen LogP contribution < -0.4 is 0 Å². The van der Waals surface area contributed by atoms with Crippen LogP contribution in [0.25, 0.3) is 0 Å². The molecule has 0 aromatic carbocycles. The standard InChI is InChI=1S/C8H13ClO3S/c9-13(10,11)8-4-2-6-1-3-7(8)12-5-6/h6-8H,1-5H2. The first-order valence-electron chi connectivity index (χ1n) is 4.62. The molecule has 3 nitrogen and oxygen atoms in total. The van der Waals surface area contributed by atoms with Crippen LogP contribution in [0.2, 0.25) is 0 Å². The van der Waals surface area contributed by atoms with Gasteiger partial charge in [0.05, 0.1) is 6.10 Å². The molecule has 3 fully saturated rings. The lowest BCUT2D eigenvalue weighted by molar-refractivity contribution is 0.000339. The normalized spacial score (nSPS) is 40.2. The van der Waals surface area contributed by atoms with Crippen LogP contribution >= 0.6 is 10.7 Å². The smallest absolute Gasteiger partial charge is 0.238 e. The third-order valence-electron chi connectivity index (χ3n) is 3.04. The summed E-state index contributed by atoms with van der Waals surface area (Å²) >= 11 is 0. The minimum atomic E-state index is -3.44. The first kappa shape index (κ1) is 9.74. The maximum absolute atomic E-state index is 11.2. The highest BCUT2D eigenvalue weighted by Gasteiger charge is 2.39. The van der Waals surface area contributed by atoms with E-state index in [4.69, 9.17) is 15.4 Å². The first-order valence-corrected chi connectivity index (χ1v) is 6.99. The van der Waals surface area contributed by atoms with E-state index in [2.05, 4.69) is 0 Å². The van der Waals surface area contributed by atoms with E-state index in [0.29, 0.717) is 18.9 Å². The van der Waals surface area contributed by atoms with Gasteiger partial charge >= 0.3 is 0 Å². The lowest BCUT2D eigenvalue weighted by Gasteiger charge is -2.26. The summed E-state index contributed by atoms with van der Waals surface area (Å²) in [5, 5.41) is -0.471. The van der Waals surface area contributed by atoms with E-state index in [-0.39, 0.29) is 6.10 Å². The molecular weight excluding hydrogens is 212 g/mol. The van der Waals surface area contributed by atoms with Crippen molar-refractivity contribution in [3.8, 4) is 0 Å². The maximum Gasteiger partial charge on any atom is 0.238 e. The van der Waals surface area contributed by atoms with E-state index >= 15 is 0 Å². The minimum Gasteiger partial charge on any atom is -0.377 e. The number of hydrogen-bond donors (Lipinski definition) is 0. The summed E-state index contributed by atoms with van der Waals surface area (Å²) in [6.45, 7) is 0.716. The number of rotatable bonds is 1. The lowest BCUT2D eigenvalue weighted by Crippen LogP contribution is -2.34. The third-order valence-corrected chi connectivity index (χ3v) is 4.99. The molecule has 3 unspecified atom stereocenters. The Kier molecular flexibility index (Phi) is 2.55. The van der Waals surface area contributed by atoms with Crippen molar-refractivity contribution in [3.63, 3.8) is 0 Å². The molecular formula is C8H13ClO3S. The van der Waals surface area contributed by atoms with E-state index in [1.165, 1.54) is 0 Å². The number of ether oxygens (including phenoxy) is 1. The molecule has 0 spiro atoms. The molecule has 3 aliphatic rings. The fourth-order valence-electron chi connectivity index (χ4n) is 2.26. The summed E-state index contributed by atoms with van der Waals surface area (Å²) in [5.74, 6) is 0.555. The van der Waals surface area contributed by atoms with E-state index < -0.39 is 14.3 Å². The molecule has 0 aromatic heterocycles. The Morgan fingerprint density at radius 2 is 1.85 bits per heavy atom. The molecule has 2 saturated heterocycles. The Morgan fingerprint density at radius 3 is 2.38 bits per heavy atom. The predicted octanol–water partition coefficient (Wildman–Crippen LogP) is 1.51. The SMILES string of the molecule is O=S(=O)(Cl)C1CCC2CCC1OC2. The summed E-state index contributed by atoms with van der Waals surface area (Å²) in [6.07, 6.45) is 3.39. The molecule has 2 heterocycles. The van der Waals surface area contributed by atoms with Gasteiger partial charge < -0.3 is 4.74 Å². The lowest BCUT2D eigenvalue weighted by atomic mass is 10.00. The second-order valence-corrected chi connectivity index (χ2v) is 6.75. The average molecular weight is 225 g/mol. The zero-order valence-corrected chi connectivity index (χ0v) is 8.85. The van der Waals surface area contributed by atoms with E-state index in [1.807, 2.05) is 0 Å². The molecule has 1 aliphatic carbocycles.